The molecule has 7 nitrogen and oxygen atoms in total. The lowest BCUT2D eigenvalue weighted by Gasteiger charge is -2.26. The van der Waals surface area contributed by atoms with Crippen LogP contribution in [0.25, 0.3) is 0 Å². The van der Waals surface area contributed by atoms with Crippen LogP contribution in [0.2, 0.25) is 0 Å². The van der Waals surface area contributed by atoms with Crippen LogP contribution < -0.4 is 4.72 Å². The summed E-state index contributed by atoms with van der Waals surface area (Å²) in [5.41, 5.74) is 2.15. The number of morpholine rings is 1. The van der Waals surface area contributed by atoms with Crippen LogP contribution in [0.5, 0.6) is 0 Å². The first-order valence-electron chi connectivity index (χ1n) is 8.49. The third-order valence-corrected chi connectivity index (χ3v) is 7.74. The van der Waals surface area contributed by atoms with Gasteiger partial charge in [-0.05, 0) is 49.2 Å². The van der Waals surface area contributed by atoms with Crippen molar-refractivity contribution in [2.75, 3.05) is 31.0 Å². The van der Waals surface area contributed by atoms with Gasteiger partial charge in [-0.2, -0.15) is 4.31 Å². The van der Waals surface area contributed by atoms with Gasteiger partial charge < -0.3 is 4.74 Å². The number of anilines is 1. The smallest absolute Gasteiger partial charge is 0.261 e. The van der Waals surface area contributed by atoms with Crippen molar-refractivity contribution in [3.8, 4) is 0 Å². The number of nitrogens with one attached hydrogen (secondary N) is 1. The highest BCUT2D eigenvalue weighted by molar-refractivity contribution is 7.92. The standard InChI is InChI=1S/C18H22N2O5S2/c1-14-4-3-5-15(2)18(14)19-26(21,22)16-6-8-17(9-7-16)27(23,24)20-10-12-25-13-11-20/h3-9,19H,10-13H2,1-2H3. The van der Waals surface area contributed by atoms with Crippen molar-refractivity contribution >= 4 is 25.7 Å². The number of para-hydroxylation sites is 1. The van der Waals surface area contributed by atoms with Crippen LogP contribution in [-0.4, -0.2) is 47.4 Å². The Hall–Kier alpha value is -1.94. The van der Waals surface area contributed by atoms with Crippen LogP contribution in [0.1, 0.15) is 11.1 Å². The molecule has 1 heterocycles. The highest BCUT2D eigenvalue weighted by atomic mass is 32.2. The normalized spacial score (nSPS) is 16.2. The SMILES string of the molecule is Cc1cccc(C)c1NS(=O)(=O)c1ccc(S(=O)(=O)N2CCOCC2)cc1. The zero-order valence-electron chi connectivity index (χ0n) is 15.2. The summed E-state index contributed by atoms with van der Waals surface area (Å²) in [5.74, 6) is 0. The van der Waals surface area contributed by atoms with Gasteiger partial charge in [0.15, 0.2) is 0 Å². The first kappa shape index (κ1) is 19.8. The Morgan fingerprint density at radius 1 is 0.852 bits per heavy atom. The third kappa shape index (κ3) is 4.16. The molecule has 0 bridgehead atoms. The van der Waals surface area contributed by atoms with Gasteiger partial charge in [0.2, 0.25) is 10.0 Å². The van der Waals surface area contributed by atoms with Gasteiger partial charge in [-0.3, -0.25) is 4.72 Å². The predicted molar refractivity (Wildman–Crippen MR) is 103 cm³/mol. The summed E-state index contributed by atoms with van der Waals surface area (Å²) < 4.78 is 59.7. The molecule has 3 rings (SSSR count). The minimum Gasteiger partial charge on any atom is -0.379 e. The molecule has 0 saturated carbocycles. The Bertz CT molecular complexity index is 1010. The molecule has 146 valence electrons. The molecule has 1 aliphatic rings. The Balaban J connectivity index is 1.86. The van der Waals surface area contributed by atoms with Crippen molar-refractivity contribution in [2.45, 2.75) is 23.6 Å². The average molecular weight is 411 g/mol. The number of sulfonamides is 2. The summed E-state index contributed by atoms with van der Waals surface area (Å²) in [6, 6.07) is 10.8. The fraction of sp³-hybridized carbons (Fsp3) is 0.333. The number of benzene rings is 2. The van der Waals surface area contributed by atoms with Crippen molar-refractivity contribution in [3.05, 3.63) is 53.6 Å². The quantitative estimate of drug-likeness (QED) is 0.815. The van der Waals surface area contributed by atoms with Crippen LogP contribution >= 0.6 is 0 Å². The van der Waals surface area contributed by atoms with E-state index in [-0.39, 0.29) is 22.9 Å². The number of hydrogen-bond acceptors (Lipinski definition) is 5. The molecule has 0 aliphatic carbocycles. The average Bonchev–Trinajstić information content (AvgIpc) is 2.66. The third-order valence-electron chi connectivity index (χ3n) is 4.46. The molecule has 0 radical (unpaired) electrons. The number of hydrogen-bond donors (Lipinski definition) is 1. The summed E-state index contributed by atoms with van der Waals surface area (Å²) >= 11 is 0. The Kier molecular flexibility index (Phi) is 5.57. The first-order valence-corrected chi connectivity index (χ1v) is 11.4. The Morgan fingerprint density at radius 2 is 1.37 bits per heavy atom. The van der Waals surface area contributed by atoms with Crippen LogP contribution in [0.15, 0.2) is 52.3 Å². The van der Waals surface area contributed by atoms with E-state index in [1.54, 1.807) is 0 Å². The van der Waals surface area contributed by atoms with E-state index >= 15 is 0 Å². The van der Waals surface area contributed by atoms with Crippen molar-refractivity contribution in [1.82, 2.24) is 4.31 Å². The van der Waals surface area contributed by atoms with Crippen LogP contribution in [0.4, 0.5) is 5.69 Å². The minimum atomic E-state index is -3.82. The second-order valence-corrected chi connectivity index (χ2v) is 9.98. The van der Waals surface area contributed by atoms with Crippen molar-refractivity contribution in [1.29, 1.82) is 0 Å². The molecule has 2 aromatic carbocycles. The summed E-state index contributed by atoms with van der Waals surface area (Å²) in [7, 11) is -7.48. The second kappa shape index (κ2) is 7.59. The van der Waals surface area contributed by atoms with Gasteiger partial charge in [0.25, 0.3) is 10.0 Å². The van der Waals surface area contributed by atoms with Gasteiger partial charge in [-0.25, -0.2) is 16.8 Å². The maximum absolute atomic E-state index is 12.7. The predicted octanol–water partition coefficient (Wildman–Crippen LogP) is 2.13. The van der Waals surface area contributed by atoms with Gasteiger partial charge in [-0.15, -0.1) is 0 Å². The summed E-state index contributed by atoms with van der Waals surface area (Å²) in [6.07, 6.45) is 0. The largest absolute Gasteiger partial charge is 0.379 e. The van der Waals surface area contributed by atoms with Gasteiger partial charge >= 0.3 is 0 Å². The van der Waals surface area contributed by atoms with E-state index in [1.807, 2.05) is 32.0 Å². The van der Waals surface area contributed by atoms with Crippen LogP contribution in [-0.2, 0) is 24.8 Å². The molecular weight excluding hydrogens is 388 g/mol. The molecule has 1 fully saturated rings. The molecule has 0 amide bonds. The molecule has 0 unspecified atom stereocenters. The molecule has 1 saturated heterocycles. The fourth-order valence-corrected chi connectivity index (χ4v) is 5.51. The molecular formula is C18H22N2O5S2. The molecule has 0 aromatic heterocycles. The molecule has 1 N–H and O–H groups in total. The fourth-order valence-electron chi connectivity index (χ4n) is 2.90. The highest BCUT2D eigenvalue weighted by Crippen LogP contribution is 2.25. The van der Waals surface area contributed by atoms with Crippen molar-refractivity contribution < 1.29 is 21.6 Å². The van der Waals surface area contributed by atoms with Gasteiger partial charge in [0, 0.05) is 13.1 Å². The molecule has 1 aliphatic heterocycles. The number of ether oxygens (including phenoxy) is 1. The lowest BCUT2D eigenvalue weighted by atomic mass is 10.1. The number of rotatable bonds is 5. The highest BCUT2D eigenvalue weighted by Gasteiger charge is 2.27. The van der Waals surface area contributed by atoms with E-state index in [0.29, 0.717) is 18.9 Å². The zero-order chi connectivity index (χ0) is 19.7. The van der Waals surface area contributed by atoms with Crippen molar-refractivity contribution in [3.63, 3.8) is 0 Å². The minimum absolute atomic E-state index is 0.00563. The lowest BCUT2D eigenvalue weighted by Crippen LogP contribution is -2.40. The van der Waals surface area contributed by atoms with Gasteiger partial charge in [-0.1, -0.05) is 18.2 Å². The maximum atomic E-state index is 12.7. The summed E-state index contributed by atoms with van der Waals surface area (Å²) in [4.78, 5) is 0.0708. The molecule has 27 heavy (non-hydrogen) atoms. The van der Waals surface area contributed by atoms with E-state index in [0.717, 1.165) is 11.1 Å². The van der Waals surface area contributed by atoms with Gasteiger partial charge in [0.1, 0.15) is 0 Å². The molecule has 9 heteroatoms. The van der Waals surface area contributed by atoms with E-state index in [9.17, 15) is 16.8 Å². The molecule has 0 atom stereocenters. The second-order valence-electron chi connectivity index (χ2n) is 6.36. The lowest BCUT2D eigenvalue weighted by molar-refractivity contribution is 0.0730. The maximum Gasteiger partial charge on any atom is 0.261 e. The van der Waals surface area contributed by atoms with Gasteiger partial charge in [0.05, 0.1) is 28.7 Å². The Labute approximate surface area is 160 Å². The first-order chi connectivity index (χ1) is 12.7. The van der Waals surface area contributed by atoms with E-state index < -0.39 is 20.0 Å². The van der Waals surface area contributed by atoms with E-state index in [4.69, 9.17) is 4.74 Å². The monoisotopic (exact) mass is 410 g/mol. The number of nitrogens with zero attached hydrogens (tertiary/aromatic N) is 1. The zero-order valence-corrected chi connectivity index (χ0v) is 16.8. The topological polar surface area (TPSA) is 92.8 Å². The number of aryl methyl sites for hydroxylation is 2. The molecule has 2 aromatic rings. The van der Waals surface area contributed by atoms with E-state index in [2.05, 4.69) is 4.72 Å². The summed E-state index contributed by atoms with van der Waals surface area (Å²) in [5, 5.41) is 0. The van der Waals surface area contributed by atoms with E-state index in [1.165, 1.54) is 28.6 Å². The van der Waals surface area contributed by atoms with Crippen molar-refractivity contribution in [2.24, 2.45) is 0 Å². The van der Waals surface area contributed by atoms with Crippen LogP contribution in [0, 0.1) is 13.8 Å². The summed E-state index contributed by atoms with van der Waals surface area (Å²) in [6.45, 7) is 4.93. The molecule has 0 spiro atoms. The Morgan fingerprint density at radius 3 is 1.93 bits per heavy atom. The van der Waals surface area contributed by atoms with Crippen LogP contribution in [0.3, 0.4) is 0 Å².